The van der Waals surface area contributed by atoms with Gasteiger partial charge in [0.15, 0.2) is 0 Å². The van der Waals surface area contributed by atoms with Crippen molar-refractivity contribution < 1.29 is 19.8 Å². The lowest BCUT2D eigenvalue weighted by Gasteiger charge is -2.18. The van der Waals surface area contributed by atoms with Gasteiger partial charge in [-0.2, -0.15) is 0 Å². The third kappa shape index (κ3) is 3.13. The van der Waals surface area contributed by atoms with Crippen molar-refractivity contribution in [2.24, 2.45) is 0 Å². The Bertz CT molecular complexity index is 1110. The molecule has 0 fully saturated rings. The first-order chi connectivity index (χ1) is 13.0. The Hall–Kier alpha value is -3.66. The van der Waals surface area contributed by atoms with E-state index in [9.17, 15) is 19.8 Å². The molecule has 0 heterocycles. The first-order valence-electron chi connectivity index (χ1n) is 8.40. The summed E-state index contributed by atoms with van der Waals surface area (Å²) < 4.78 is 0. The van der Waals surface area contributed by atoms with Crippen molar-refractivity contribution in [3.8, 4) is 11.1 Å². The van der Waals surface area contributed by atoms with Crippen LogP contribution < -0.4 is 0 Å². The minimum absolute atomic E-state index is 0.0389. The highest BCUT2D eigenvalue weighted by atomic mass is 16.4. The first-order valence-corrected chi connectivity index (χ1v) is 8.40. The van der Waals surface area contributed by atoms with Gasteiger partial charge < -0.3 is 10.2 Å². The van der Waals surface area contributed by atoms with E-state index in [1.807, 2.05) is 31.2 Å². The molecule has 4 heteroatoms. The van der Waals surface area contributed by atoms with E-state index < -0.39 is 11.9 Å². The van der Waals surface area contributed by atoms with Gasteiger partial charge in [0.1, 0.15) is 0 Å². The second kappa shape index (κ2) is 7.30. The molecule has 0 unspecified atom stereocenters. The van der Waals surface area contributed by atoms with Crippen LogP contribution in [-0.4, -0.2) is 22.2 Å². The van der Waals surface area contributed by atoms with Gasteiger partial charge >= 0.3 is 11.9 Å². The zero-order valence-electron chi connectivity index (χ0n) is 14.8. The summed E-state index contributed by atoms with van der Waals surface area (Å²) in [5, 5.41) is 21.0. The number of carboxylic acids is 2. The summed E-state index contributed by atoms with van der Waals surface area (Å²) in [6.07, 6.45) is 5.26. The van der Waals surface area contributed by atoms with Crippen molar-refractivity contribution in [2.45, 2.75) is 6.92 Å². The van der Waals surface area contributed by atoms with Crippen molar-refractivity contribution in [3.05, 3.63) is 83.4 Å². The second-order valence-electron chi connectivity index (χ2n) is 6.01. The molecule has 0 aliphatic rings. The Balaban J connectivity index is 2.59. The minimum Gasteiger partial charge on any atom is -0.478 e. The zero-order valence-corrected chi connectivity index (χ0v) is 14.8. The Morgan fingerprint density at radius 2 is 1.52 bits per heavy atom. The molecule has 4 nitrogen and oxygen atoms in total. The SMILES string of the molecule is C=Cc1c(/C=C\C)ccc(C(=O)O)c1-c1c(C(=O)O)ccc2ccccc12. The molecule has 0 aliphatic heterocycles. The molecule has 3 rings (SSSR count). The van der Waals surface area contributed by atoms with Crippen molar-refractivity contribution in [2.75, 3.05) is 0 Å². The minimum atomic E-state index is -1.12. The van der Waals surface area contributed by atoms with Crippen LogP contribution in [0.15, 0.2) is 61.2 Å². The molecule has 0 atom stereocenters. The molecule has 2 N–H and O–H groups in total. The van der Waals surface area contributed by atoms with Crippen LogP contribution in [-0.2, 0) is 0 Å². The summed E-state index contributed by atoms with van der Waals surface area (Å²) in [4.78, 5) is 23.9. The van der Waals surface area contributed by atoms with E-state index >= 15 is 0 Å². The molecule has 0 aliphatic carbocycles. The number of rotatable bonds is 5. The number of carbonyl (C=O) groups is 2. The fourth-order valence-corrected chi connectivity index (χ4v) is 3.35. The van der Waals surface area contributed by atoms with Crippen LogP contribution >= 0.6 is 0 Å². The lowest BCUT2D eigenvalue weighted by atomic mass is 9.85. The molecule has 0 spiro atoms. The van der Waals surface area contributed by atoms with Crippen LogP contribution in [0, 0.1) is 0 Å². The topological polar surface area (TPSA) is 74.6 Å². The summed E-state index contributed by atoms with van der Waals surface area (Å²) in [7, 11) is 0. The molecule has 0 saturated heterocycles. The number of fused-ring (bicyclic) bond motifs is 1. The molecule has 0 saturated carbocycles. The highest BCUT2D eigenvalue weighted by Crippen LogP contribution is 2.39. The summed E-state index contributed by atoms with van der Waals surface area (Å²) in [5.41, 5.74) is 2.21. The standard InChI is InChI=1S/C23H18O4/c1-3-7-14-10-12-18(22(24)25)20(16(14)4-2)21-17-9-6-5-8-15(17)11-13-19(21)23(26)27/h3-13H,2H2,1H3,(H,24,25)(H,26,27)/b7-3-. The van der Waals surface area contributed by atoms with Crippen molar-refractivity contribution in [1.82, 2.24) is 0 Å². The van der Waals surface area contributed by atoms with Crippen LogP contribution in [0.2, 0.25) is 0 Å². The van der Waals surface area contributed by atoms with E-state index in [2.05, 4.69) is 6.58 Å². The van der Waals surface area contributed by atoms with E-state index in [-0.39, 0.29) is 11.1 Å². The number of aromatic carboxylic acids is 2. The Labute approximate surface area is 156 Å². The third-order valence-electron chi connectivity index (χ3n) is 4.47. The van der Waals surface area contributed by atoms with Crippen LogP contribution in [0.4, 0.5) is 0 Å². The van der Waals surface area contributed by atoms with Crippen LogP contribution in [0.3, 0.4) is 0 Å². The lowest BCUT2D eigenvalue weighted by Crippen LogP contribution is -2.07. The Morgan fingerprint density at radius 3 is 2.15 bits per heavy atom. The predicted molar refractivity (Wildman–Crippen MR) is 108 cm³/mol. The normalized spacial score (nSPS) is 11.0. The number of hydrogen-bond donors (Lipinski definition) is 2. The molecular weight excluding hydrogens is 340 g/mol. The van der Waals surface area contributed by atoms with Gasteiger partial charge in [0.25, 0.3) is 0 Å². The van der Waals surface area contributed by atoms with Gasteiger partial charge in [0.05, 0.1) is 11.1 Å². The fraction of sp³-hybridized carbons (Fsp3) is 0.0435. The number of carboxylic acid groups (broad SMARTS) is 2. The molecule has 0 aromatic heterocycles. The van der Waals surface area contributed by atoms with E-state index in [0.29, 0.717) is 22.1 Å². The smallest absolute Gasteiger partial charge is 0.336 e. The molecular formula is C23H18O4. The molecule has 3 aromatic rings. The maximum absolute atomic E-state index is 11.9. The van der Waals surface area contributed by atoms with Crippen LogP contribution in [0.25, 0.3) is 34.1 Å². The summed E-state index contributed by atoms with van der Waals surface area (Å²) in [5.74, 6) is -2.23. The van der Waals surface area contributed by atoms with Crippen molar-refractivity contribution >= 4 is 34.9 Å². The Morgan fingerprint density at radius 1 is 0.889 bits per heavy atom. The highest BCUT2D eigenvalue weighted by molar-refractivity contribution is 6.13. The quantitative estimate of drug-likeness (QED) is 0.624. The number of benzene rings is 3. The van der Waals surface area contributed by atoms with E-state index in [4.69, 9.17) is 0 Å². The molecule has 3 aromatic carbocycles. The monoisotopic (exact) mass is 358 g/mol. The molecule has 27 heavy (non-hydrogen) atoms. The molecule has 0 bridgehead atoms. The van der Waals surface area contributed by atoms with Gasteiger partial charge in [-0.05, 0) is 41.0 Å². The molecule has 0 amide bonds. The number of hydrogen-bond acceptors (Lipinski definition) is 2. The summed E-state index contributed by atoms with van der Waals surface area (Å²) in [6, 6.07) is 13.8. The van der Waals surface area contributed by atoms with Crippen LogP contribution in [0.1, 0.15) is 38.8 Å². The van der Waals surface area contributed by atoms with Gasteiger partial charge in [-0.1, -0.05) is 61.2 Å². The lowest BCUT2D eigenvalue weighted by molar-refractivity contribution is 0.0684. The van der Waals surface area contributed by atoms with E-state index in [1.54, 1.807) is 30.3 Å². The number of allylic oxidation sites excluding steroid dienone is 1. The maximum atomic E-state index is 11.9. The van der Waals surface area contributed by atoms with Gasteiger partial charge in [-0.3, -0.25) is 0 Å². The van der Waals surface area contributed by atoms with Gasteiger partial charge in [-0.15, -0.1) is 0 Å². The maximum Gasteiger partial charge on any atom is 0.336 e. The first kappa shape index (κ1) is 18.1. The highest BCUT2D eigenvalue weighted by Gasteiger charge is 2.23. The Kier molecular flexibility index (Phi) is 4.90. The van der Waals surface area contributed by atoms with Crippen molar-refractivity contribution in [3.63, 3.8) is 0 Å². The zero-order chi connectivity index (χ0) is 19.6. The molecule has 0 radical (unpaired) electrons. The van der Waals surface area contributed by atoms with E-state index in [1.165, 1.54) is 12.1 Å². The predicted octanol–water partition coefficient (Wildman–Crippen LogP) is 5.58. The van der Waals surface area contributed by atoms with Gasteiger partial charge in [0, 0.05) is 11.1 Å². The van der Waals surface area contributed by atoms with E-state index in [0.717, 1.165) is 10.9 Å². The summed E-state index contributed by atoms with van der Waals surface area (Å²) >= 11 is 0. The largest absolute Gasteiger partial charge is 0.478 e. The second-order valence-corrected chi connectivity index (χ2v) is 6.01. The fourth-order valence-electron chi connectivity index (χ4n) is 3.35. The van der Waals surface area contributed by atoms with Gasteiger partial charge in [0.2, 0.25) is 0 Å². The van der Waals surface area contributed by atoms with Crippen molar-refractivity contribution in [1.29, 1.82) is 0 Å². The average molecular weight is 358 g/mol. The molecule has 134 valence electrons. The van der Waals surface area contributed by atoms with Gasteiger partial charge in [-0.25, -0.2) is 9.59 Å². The third-order valence-corrected chi connectivity index (χ3v) is 4.47. The van der Waals surface area contributed by atoms with Crippen LogP contribution in [0.5, 0.6) is 0 Å². The average Bonchev–Trinajstić information content (AvgIpc) is 2.66. The summed E-state index contributed by atoms with van der Waals surface area (Å²) in [6.45, 7) is 5.70.